The summed E-state index contributed by atoms with van der Waals surface area (Å²) < 4.78 is 16.4. The summed E-state index contributed by atoms with van der Waals surface area (Å²) >= 11 is 0. The Morgan fingerprint density at radius 1 is 1.20 bits per heavy atom. The first-order valence-electron chi connectivity index (χ1n) is 9.66. The van der Waals surface area contributed by atoms with Crippen molar-refractivity contribution in [2.45, 2.75) is 19.9 Å². The van der Waals surface area contributed by atoms with E-state index in [2.05, 4.69) is 5.32 Å². The Bertz CT molecular complexity index is 966. The van der Waals surface area contributed by atoms with Crippen molar-refractivity contribution in [3.05, 3.63) is 59.4 Å². The lowest BCUT2D eigenvalue weighted by Crippen LogP contribution is -2.43. The van der Waals surface area contributed by atoms with Gasteiger partial charge < -0.3 is 24.6 Å². The van der Waals surface area contributed by atoms with Gasteiger partial charge in [0.05, 0.1) is 25.3 Å². The van der Waals surface area contributed by atoms with Gasteiger partial charge in [0.25, 0.3) is 5.91 Å². The maximum absolute atomic E-state index is 12.6. The lowest BCUT2D eigenvalue weighted by molar-refractivity contribution is -0.124. The number of allylic oxidation sites excluding steroid dienone is 1. The second-order valence-electron chi connectivity index (χ2n) is 7.26. The standard InChI is InChI=1S/C23H25NO6/c1-14(2)19(12-25)24-22(26)13-29-17-7-8-18-20(11-17)30-21(23(18)27)10-15-5-4-6-16(9-15)28-3/h4-11,14,19,25H,12-13H2,1-3H3,(H,24,26). The molecule has 7 heteroatoms. The average Bonchev–Trinajstić information content (AvgIpc) is 3.05. The molecule has 1 heterocycles. The zero-order chi connectivity index (χ0) is 21.7. The van der Waals surface area contributed by atoms with Gasteiger partial charge in [-0.15, -0.1) is 0 Å². The molecule has 0 saturated carbocycles. The topological polar surface area (TPSA) is 94.1 Å². The highest BCUT2D eigenvalue weighted by molar-refractivity contribution is 6.14. The van der Waals surface area contributed by atoms with Crippen LogP contribution in [0.15, 0.2) is 48.2 Å². The van der Waals surface area contributed by atoms with E-state index in [1.165, 1.54) is 0 Å². The number of carbonyl (C=O) groups is 2. The van der Waals surface area contributed by atoms with Crippen LogP contribution in [0.25, 0.3) is 6.08 Å². The van der Waals surface area contributed by atoms with Crippen LogP contribution in [-0.2, 0) is 4.79 Å². The first-order chi connectivity index (χ1) is 14.4. The van der Waals surface area contributed by atoms with Crippen LogP contribution in [-0.4, -0.2) is 43.2 Å². The molecular weight excluding hydrogens is 386 g/mol. The number of carbonyl (C=O) groups excluding carboxylic acids is 2. The lowest BCUT2D eigenvalue weighted by Gasteiger charge is -2.19. The van der Waals surface area contributed by atoms with E-state index in [9.17, 15) is 14.7 Å². The minimum atomic E-state index is -0.334. The van der Waals surface area contributed by atoms with Crippen LogP contribution in [0.4, 0.5) is 0 Å². The van der Waals surface area contributed by atoms with Crippen LogP contribution >= 0.6 is 0 Å². The Labute approximate surface area is 175 Å². The van der Waals surface area contributed by atoms with Gasteiger partial charge in [0.1, 0.15) is 17.2 Å². The Morgan fingerprint density at radius 3 is 2.70 bits per heavy atom. The van der Waals surface area contributed by atoms with Crippen molar-refractivity contribution in [1.29, 1.82) is 0 Å². The van der Waals surface area contributed by atoms with Gasteiger partial charge in [-0.2, -0.15) is 0 Å². The molecule has 0 spiro atoms. The molecule has 1 amide bonds. The van der Waals surface area contributed by atoms with E-state index in [0.29, 0.717) is 22.8 Å². The van der Waals surface area contributed by atoms with Crippen molar-refractivity contribution in [1.82, 2.24) is 5.32 Å². The minimum absolute atomic E-state index is 0.105. The Hall–Kier alpha value is -3.32. The number of aliphatic hydroxyl groups is 1. The van der Waals surface area contributed by atoms with Gasteiger partial charge in [0, 0.05) is 6.07 Å². The number of nitrogens with one attached hydrogen (secondary N) is 1. The number of hydrogen-bond donors (Lipinski definition) is 2. The van der Waals surface area contributed by atoms with Crippen molar-refractivity contribution in [2.75, 3.05) is 20.3 Å². The van der Waals surface area contributed by atoms with E-state index >= 15 is 0 Å². The molecule has 158 valence electrons. The van der Waals surface area contributed by atoms with Crippen molar-refractivity contribution in [3.63, 3.8) is 0 Å². The Balaban J connectivity index is 1.66. The number of ketones is 1. The molecule has 0 saturated heterocycles. The number of hydrogen-bond acceptors (Lipinski definition) is 6. The molecular formula is C23H25NO6. The molecule has 0 bridgehead atoms. The summed E-state index contributed by atoms with van der Waals surface area (Å²) in [4.78, 5) is 24.6. The van der Waals surface area contributed by atoms with E-state index in [1.54, 1.807) is 37.5 Å². The summed E-state index contributed by atoms with van der Waals surface area (Å²) in [5, 5.41) is 12.0. The van der Waals surface area contributed by atoms with Crippen LogP contribution in [0.2, 0.25) is 0 Å². The average molecular weight is 411 g/mol. The maximum atomic E-state index is 12.6. The molecule has 2 N–H and O–H groups in total. The van der Waals surface area contributed by atoms with Gasteiger partial charge >= 0.3 is 0 Å². The third-order valence-electron chi connectivity index (χ3n) is 4.75. The number of ether oxygens (including phenoxy) is 3. The quantitative estimate of drug-likeness (QED) is 0.649. The SMILES string of the molecule is COc1cccc(C=C2Oc3cc(OCC(=O)NC(CO)C(C)C)ccc3C2=O)c1. The van der Waals surface area contributed by atoms with E-state index in [-0.39, 0.29) is 42.6 Å². The molecule has 30 heavy (non-hydrogen) atoms. The van der Waals surface area contributed by atoms with E-state index in [0.717, 1.165) is 5.56 Å². The molecule has 1 atom stereocenters. The molecule has 1 aliphatic rings. The van der Waals surface area contributed by atoms with Crippen LogP contribution < -0.4 is 19.5 Å². The van der Waals surface area contributed by atoms with Gasteiger partial charge in [-0.3, -0.25) is 9.59 Å². The highest BCUT2D eigenvalue weighted by Gasteiger charge is 2.28. The number of methoxy groups -OCH3 is 1. The molecule has 0 fully saturated rings. The van der Waals surface area contributed by atoms with Gasteiger partial charge in [0.2, 0.25) is 5.78 Å². The molecule has 2 aromatic rings. The number of rotatable bonds is 8. The highest BCUT2D eigenvalue weighted by atomic mass is 16.5. The lowest BCUT2D eigenvalue weighted by atomic mass is 10.1. The van der Waals surface area contributed by atoms with E-state index < -0.39 is 0 Å². The number of Topliss-reactive ketones (excluding diaryl/α,β-unsaturated/α-hetero) is 1. The monoisotopic (exact) mass is 411 g/mol. The third kappa shape index (κ3) is 4.99. The van der Waals surface area contributed by atoms with Gasteiger partial charge in [-0.05, 0) is 41.8 Å². The number of fused-ring (bicyclic) bond motifs is 1. The van der Waals surface area contributed by atoms with Gasteiger partial charge in [0.15, 0.2) is 12.4 Å². The first-order valence-corrected chi connectivity index (χ1v) is 9.66. The van der Waals surface area contributed by atoms with Gasteiger partial charge in [-0.1, -0.05) is 26.0 Å². The smallest absolute Gasteiger partial charge is 0.258 e. The molecule has 3 rings (SSSR count). The zero-order valence-electron chi connectivity index (χ0n) is 17.2. The normalized spacial score (nSPS) is 15.0. The van der Waals surface area contributed by atoms with Crippen LogP contribution in [0.1, 0.15) is 29.8 Å². The summed E-state index contributed by atoms with van der Waals surface area (Å²) in [6, 6.07) is 11.8. The summed E-state index contributed by atoms with van der Waals surface area (Å²) in [5.41, 5.74) is 1.21. The molecule has 1 aliphatic heterocycles. The summed E-state index contributed by atoms with van der Waals surface area (Å²) in [6.45, 7) is 3.48. The Kier molecular flexibility index (Phi) is 6.74. The number of amides is 1. The molecule has 0 aliphatic carbocycles. The fourth-order valence-electron chi connectivity index (χ4n) is 2.96. The van der Waals surface area contributed by atoms with Crippen molar-refractivity contribution >= 4 is 17.8 Å². The maximum Gasteiger partial charge on any atom is 0.258 e. The molecule has 0 aromatic heterocycles. The fourth-order valence-corrected chi connectivity index (χ4v) is 2.96. The second kappa shape index (κ2) is 9.45. The van der Waals surface area contributed by atoms with Crippen molar-refractivity contribution < 1.29 is 28.9 Å². The van der Waals surface area contributed by atoms with Crippen molar-refractivity contribution in [2.24, 2.45) is 5.92 Å². The number of aliphatic hydroxyl groups excluding tert-OH is 1. The fraction of sp³-hybridized carbons (Fsp3) is 0.304. The first kappa shape index (κ1) is 21.4. The molecule has 0 radical (unpaired) electrons. The zero-order valence-corrected chi connectivity index (χ0v) is 17.2. The second-order valence-corrected chi connectivity index (χ2v) is 7.26. The summed E-state index contributed by atoms with van der Waals surface area (Å²) in [5.74, 6) is 1.22. The largest absolute Gasteiger partial charge is 0.497 e. The van der Waals surface area contributed by atoms with Crippen LogP contribution in [0.3, 0.4) is 0 Å². The molecule has 7 nitrogen and oxygen atoms in total. The van der Waals surface area contributed by atoms with Crippen LogP contribution in [0.5, 0.6) is 17.2 Å². The third-order valence-corrected chi connectivity index (χ3v) is 4.75. The Morgan fingerprint density at radius 2 is 2.00 bits per heavy atom. The predicted molar refractivity (Wildman–Crippen MR) is 112 cm³/mol. The predicted octanol–water partition coefficient (Wildman–Crippen LogP) is 2.82. The molecule has 1 unspecified atom stereocenters. The number of benzene rings is 2. The van der Waals surface area contributed by atoms with Crippen molar-refractivity contribution in [3.8, 4) is 17.2 Å². The van der Waals surface area contributed by atoms with E-state index in [4.69, 9.17) is 14.2 Å². The minimum Gasteiger partial charge on any atom is -0.497 e. The molecule has 2 aromatic carbocycles. The highest BCUT2D eigenvalue weighted by Crippen LogP contribution is 2.35. The summed E-state index contributed by atoms with van der Waals surface area (Å²) in [7, 11) is 1.58. The summed E-state index contributed by atoms with van der Waals surface area (Å²) in [6.07, 6.45) is 1.65. The van der Waals surface area contributed by atoms with E-state index in [1.807, 2.05) is 32.0 Å². The van der Waals surface area contributed by atoms with Gasteiger partial charge in [-0.25, -0.2) is 0 Å². The van der Waals surface area contributed by atoms with Crippen LogP contribution in [0, 0.1) is 5.92 Å².